The zero-order chi connectivity index (χ0) is 44.6. The second-order valence-corrected chi connectivity index (χ2v) is 21.9. The van der Waals surface area contributed by atoms with Crippen LogP contribution >= 0.6 is 0 Å². The molecule has 0 saturated carbocycles. The van der Waals surface area contributed by atoms with Gasteiger partial charge in [0.2, 0.25) is 0 Å². The Balaban J connectivity index is 1.04. The molecule has 0 spiro atoms. The molecular weight excluding hydrogens is 827 g/mol. The predicted octanol–water partition coefficient (Wildman–Crippen LogP) is 14.5. The van der Waals surface area contributed by atoms with Crippen LogP contribution < -0.4 is 30.4 Å². The zero-order valence-corrected chi connectivity index (χ0v) is 38.4. The highest BCUT2D eigenvalue weighted by molar-refractivity contribution is 7.22. The van der Waals surface area contributed by atoms with E-state index in [0.717, 1.165) is 50.6 Å². The second-order valence-electron chi connectivity index (χ2n) is 18.2. The van der Waals surface area contributed by atoms with Crippen molar-refractivity contribution >= 4 is 67.4 Å². The van der Waals surface area contributed by atoms with Gasteiger partial charge >= 0.3 is 0 Å². The van der Waals surface area contributed by atoms with Gasteiger partial charge in [-0.3, -0.25) is 0 Å². The van der Waals surface area contributed by atoms with Crippen LogP contribution in [0.25, 0.3) is 66.1 Å². The standard InChI is InChI=1S/C64H45NOSi/c1-42-33-50-27-30-59-64(56(50)34-43(42)2)66-61-31-28-49(40-60(61)65(59)53-36-51(44-17-7-3-8-18-44)35-52(37-53)45-19-9-4-10-20-45)48-29-32-62-57(39-48)58-38-46-21-15-16-22-47(46)41-63(58)67(62,54-23-11-5-12-24-54)55-25-13-6-14-26-55/h3-41H,1-2H3. The molecule has 0 atom stereocenters. The first kappa shape index (κ1) is 39.1. The van der Waals surface area contributed by atoms with E-state index in [9.17, 15) is 0 Å². The van der Waals surface area contributed by atoms with E-state index in [2.05, 4.69) is 255 Å². The second kappa shape index (κ2) is 15.4. The van der Waals surface area contributed by atoms with Crippen molar-refractivity contribution in [1.82, 2.24) is 0 Å². The largest absolute Gasteiger partial charge is 0.452 e. The average molecular weight is 872 g/mol. The Kier molecular flexibility index (Phi) is 9.02. The third-order valence-electron chi connectivity index (χ3n) is 14.4. The van der Waals surface area contributed by atoms with Gasteiger partial charge in [0.1, 0.15) is 0 Å². The van der Waals surface area contributed by atoms with E-state index in [1.165, 1.54) is 75.8 Å². The van der Waals surface area contributed by atoms with E-state index < -0.39 is 8.07 Å². The molecule has 0 amide bonds. The number of anilines is 3. The lowest BCUT2D eigenvalue weighted by Crippen LogP contribution is -2.72. The van der Waals surface area contributed by atoms with Crippen molar-refractivity contribution in [3.8, 4) is 56.0 Å². The molecule has 0 N–H and O–H groups in total. The monoisotopic (exact) mass is 871 g/mol. The smallest absolute Gasteiger partial charge is 0.180 e. The van der Waals surface area contributed by atoms with Gasteiger partial charge < -0.3 is 9.64 Å². The summed E-state index contributed by atoms with van der Waals surface area (Å²) < 4.78 is 7.11. The SMILES string of the molecule is Cc1cc2ccc3c(c2cc1C)Oc1ccc(-c2ccc4c(c2)-c2cc5ccccc5cc2[Si]4(c2ccccc2)c2ccccc2)cc1N3c1cc(-c2ccccc2)cc(-c2ccccc2)c1. The summed E-state index contributed by atoms with van der Waals surface area (Å²) in [5.74, 6) is 1.70. The van der Waals surface area contributed by atoms with Crippen molar-refractivity contribution in [3.63, 3.8) is 0 Å². The fourth-order valence-corrected chi connectivity index (χ4v) is 16.2. The highest BCUT2D eigenvalue weighted by Gasteiger charge is 2.49. The Morgan fingerprint density at radius 1 is 0.358 bits per heavy atom. The number of aryl methyl sites for hydroxylation is 2. The van der Waals surface area contributed by atoms with Gasteiger partial charge in [0.05, 0.1) is 11.4 Å². The fourth-order valence-electron chi connectivity index (χ4n) is 11.0. The summed E-state index contributed by atoms with van der Waals surface area (Å²) in [6, 6.07) is 87.9. The maximum Gasteiger partial charge on any atom is 0.180 e. The minimum atomic E-state index is -2.71. The van der Waals surface area contributed by atoms with Crippen LogP contribution in [0, 0.1) is 13.8 Å². The predicted molar refractivity (Wildman–Crippen MR) is 285 cm³/mol. The number of nitrogens with zero attached hydrogens (tertiary/aromatic N) is 1. The summed E-state index contributed by atoms with van der Waals surface area (Å²) >= 11 is 0. The number of benzene rings is 11. The molecule has 316 valence electrons. The van der Waals surface area contributed by atoms with E-state index in [4.69, 9.17) is 4.74 Å². The number of hydrogen-bond donors (Lipinski definition) is 0. The van der Waals surface area contributed by atoms with Gasteiger partial charge in [0, 0.05) is 11.1 Å². The highest BCUT2D eigenvalue weighted by Crippen LogP contribution is 2.55. The molecule has 2 nitrogen and oxygen atoms in total. The summed E-state index contributed by atoms with van der Waals surface area (Å²) in [6.45, 7) is 4.37. The number of hydrogen-bond acceptors (Lipinski definition) is 2. The minimum Gasteiger partial charge on any atom is -0.452 e. The van der Waals surface area contributed by atoms with Crippen LogP contribution in [0.5, 0.6) is 11.5 Å². The molecule has 2 aliphatic rings. The lowest BCUT2D eigenvalue weighted by Gasteiger charge is -2.34. The fraction of sp³-hybridized carbons (Fsp3) is 0.0312. The van der Waals surface area contributed by atoms with E-state index in [1.807, 2.05) is 0 Å². The van der Waals surface area contributed by atoms with Gasteiger partial charge in [-0.2, -0.15) is 0 Å². The Morgan fingerprint density at radius 2 is 0.910 bits per heavy atom. The minimum absolute atomic E-state index is 0.825. The summed E-state index contributed by atoms with van der Waals surface area (Å²) in [5.41, 5.74) is 15.2. The van der Waals surface area contributed by atoms with E-state index >= 15 is 0 Å². The molecule has 0 saturated heterocycles. The lowest BCUT2D eigenvalue weighted by molar-refractivity contribution is 0.482. The van der Waals surface area contributed by atoms with Gasteiger partial charge in [-0.15, -0.1) is 0 Å². The van der Waals surface area contributed by atoms with E-state index in [1.54, 1.807) is 0 Å². The maximum absolute atomic E-state index is 7.11. The molecule has 0 aromatic heterocycles. The Labute approximate surface area is 392 Å². The van der Waals surface area contributed by atoms with Gasteiger partial charge in [0.25, 0.3) is 0 Å². The number of rotatable bonds is 6. The Hall–Kier alpha value is -8.24. The molecule has 13 rings (SSSR count). The molecule has 11 aromatic rings. The van der Waals surface area contributed by atoms with Crippen LogP contribution in [0.15, 0.2) is 237 Å². The Morgan fingerprint density at radius 3 is 1.57 bits per heavy atom. The topological polar surface area (TPSA) is 12.5 Å². The van der Waals surface area contributed by atoms with Crippen molar-refractivity contribution < 1.29 is 4.74 Å². The maximum atomic E-state index is 7.11. The normalized spacial score (nSPS) is 13.1. The molecule has 2 heterocycles. The molecule has 0 fully saturated rings. The highest BCUT2D eigenvalue weighted by atomic mass is 28.3. The van der Waals surface area contributed by atoms with E-state index in [-0.39, 0.29) is 0 Å². The van der Waals surface area contributed by atoms with Crippen LogP contribution in [-0.2, 0) is 0 Å². The summed E-state index contributed by atoms with van der Waals surface area (Å²) in [7, 11) is -2.71. The molecular formula is C64H45NOSi. The molecule has 3 heteroatoms. The van der Waals surface area contributed by atoms with Crippen molar-refractivity contribution in [3.05, 3.63) is 248 Å². The number of fused-ring (bicyclic) bond motifs is 8. The van der Waals surface area contributed by atoms with Crippen molar-refractivity contribution in [1.29, 1.82) is 0 Å². The molecule has 67 heavy (non-hydrogen) atoms. The first-order valence-corrected chi connectivity index (χ1v) is 25.2. The molecule has 0 bridgehead atoms. The lowest BCUT2D eigenvalue weighted by atomic mass is 9.95. The van der Waals surface area contributed by atoms with Crippen molar-refractivity contribution in [2.24, 2.45) is 0 Å². The van der Waals surface area contributed by atoms with Gasteiger partial charge in [0.15, 0.2) is 19.6 Å². The Bertz CT molecular complexity index is 3640. The third-order valence-corrected chi connectivity index (χ3v) is 19.2. The first-order valence-electron chi connectivity index (χ1n) is 23.2. The van der Waals surface area contributed by atoms with Gasteiger partial charge in [-0.25, -0.2) is 0 Å². The molecule has 0 radical (unpaired) electrons. The molecule has 0 unspecified atom stereocenters. The summed E-state index contributed by atoms with van der Waals surface area (Å²) in [6.07, 6.45) is 0. The van der Waals surface area contributed by atoms with Crippen LogP contribution in [-0.4, -0.2) is 8.07 Å². The summed E-state index contributed by atoms with van der Waals surface area (Å²) in [5, 5.41) is 10.5. The van der Waals surface area contributed by atoms with Crippen molar-refractivity contribution in [2.45, 2.75) is 13.8 Å². The van der Waals surface area contributed by atoms with Crippen LogP contribution in [0.1, 0.15) is 11.1 Å². The van der Waals surface area contributed by atoms with Crippen LogP contribution in [0.4, 0.5) is 17.1 Å². The average Bonchev–Trinajstić information content (AvgIpc) is 3.67. The molecule has 0 aliphatic carbocycles. The molecule has 2 aliphatic heterocycles. The summed E-state index contributed by atoms with van der Waals surface area (Å²) in [4.78, 5) is 2.43. The number of ether oxygens (including phenoxy) is 1. The quantitative estimate of drug-likeness (QED) is 0.154. The van der Waals surface area contributed by atoms with E-state index in [0.29, 0.717) is 0 Å². The van der Waals surface area contributed by atoms with Crippen LogP contribution in [0.3, 0.4) is 0 Å². The van der Waals surface area contributed by atoms with Gasteiger partial charge in [-0.05, 0) is 161 Å². The first-order chi connectivity index (χ1) is 33.0. The van der Waals surface area contributed by atoms with Gasteiger partial charge in [-0.1, -0.05) is 182 Å². The molecule has 11 aromatic carbocycles. The van der Waals surface area contributed by atoms with Crippen molar-refractivity contribution in [2.75, 3.05) is 4.90 Å². The zero-order valence-electron chi connectivity index (χ0n) is 37.4. The van der Waals surface area contributed by atoms with Crippen LogP contribution in [0.2, 0.25) is 0 Å². The third kappa shape index (κ3) is 6.23.